The molecule has 156 valence electrons. The van der Waals surface area contributed by atoms with E-state index < -0.39 is 5.82 Å². The molecule has 0 unspecified atom stereocenters. The molecule has 1 aliphatic heterocycles. The molecule has 1 N–H and O–H groups in total. The van der Waals surface area contributed by atoms with Gasteiger partial charge in [0.25, 0.3) is 0 Å². The first-order chi connectivity index (χ1) is 14.6. The summed E-state index contributed by atoms with van der Waals surface area (Å²) in [5, 5.41) is 7.55. The summed E-state index contributed by atoms with van der Waals surface area (Å²) in [6.07, 6.45) is 1.90. The van der Waals surface area contributed by atoms with Gasteiger partial charge in [0.15, 0.2) is 5.82 Å². The summed E-state index contributed by atoms with van der Waals surface area (Å²) in [6.45, 7) is 3.17. The zero-order valence-electron chi connectivity index (χ0n) is 16.4. The third-order valence-corrected chi connectivity index (χ3v) is 5.21. The van der Waals surface area contributed by atoms with Gasteiger partial charge in [0.05, 0.1) is 18.2 Å². The maximum Gasteiger partial charge on any atom is 0.241 e. The summed E-state index contributed by atoms with van der Waals surface area (Å²) >= 11 is 5.80. The number of amides is 1. The number of morpholine rings is 1. The highest BCUT2D eigenvalue weighted by atomic mass is 35.5. The molecule has 2 heterocycles. The van der Waals surface area contributed by atoms with Gasteiger partial charge in [-0.15, -0.1) is 0 Å². The van der Waals surface area contributed by atoms with Crippen molar-refractivity contribution in [3.05, 3.63) is 71.1 Å². The van der Waals surface area contributed by atoms with Crippen LogP contribution in [0.25, 0.3) is 11.1 Å². The maximum atomic E-state index is 13.3. The van der Waals surface area contributed by atoms with Crippen molar-refractivity contribution in [2.45, 2.75) is 13.1 Å². The molecule has 0 spiro atoms. The van der Waals surface area contributed by atoms with Gasteiger partial charge in [-0.1, -0.05) is 48.0 Å². The number of aromatic nitrogens is 2. The predicted molar refractivity (Wildman–Crippen MR) is 114 cm³/mol. The Hall–Kier alpha value is -2.90. The van der Waals surface area contributed by atoms with Gasteiger partial charge in [-0.25, -0.2) is 4.39 Å². The van der Waals surface area contributed by atoms with Crippen LogP contribution < -0.4 is 10.2 Å². The maximum absolute atomic E-state index is 13.3. The molecular weight excluding hydrogens is 407 g/mol. The molecule has 1 aliphatic rings. The van der Waals surface area contributed by atoms with Crippen LogP contribution in [0.3, 0.4) is 0 Å². The Kier molecular flexibility index (Phi) is 6.30. The molecule has 0 atom stereocenters. The lowest BCUT2D eigenvalue weighted by Gasteiger charge is -2.27. The van der Waals surface area contributed by atoms with Gasteiger partial charge >= 0.3 is 0 Å². The largest absolute Gasteiger partial charge is 0.378 e. The topological polar surface area (TPSA) is 59.4 Å². The van der Waals surface area contributed by atoms with E-state index in [9.17, 15) is 9.18 Å². The van der Waals surface area contributed by atoms with Crippen LogP contribution in [0.1, 0.15) is 5.56 Å². The van der Waals surface area contributed by atoms with Crippen LogP contribution in [0.2, 0.25) is 5.02 Å². The van der Waals surface area contributed by atoms with Crippen LogP contribution >= 0.6 is 11.6 Å². The molecule has 2 aromatic carbocycles. The smallest absolute Gasteiger partial charge is 0.241 e. The number of nitrogens with zero attached hydrogens (tertiary/aromatic N) is 3. The van der Waals surface area contributed by atoms with Crippen LogP contribution in [0.15, 0.2) is 54.7 Å². The molecule has 4 rings (SSSR count). The molecule has 0 saturated carbocycles. The van der Waals surface area contributed by atoms with E-state index in [-0.39, 0.29) is 24.0 Å². The van der Waals surface area contributed by atoms with Crippen molar-refractivity contribution in [3.63, 3.8) is 0 Å². The quantitative estimate of drug-likeness (QED) is 0.653. The number of carbonyl (C=O) groups is 1. The van der Waals surface area contributed by atoms with Crippen molar-refractivity contribution in [3.8, 4) is 11.1 Å². The van der Waals surface area contributed by atoms with Crippen molar-refractivity contribution >= 4 is 23.3 Å². The highest BCUT2D eigenvalue weighted by Crippen LogP contribution is 2.30. The second-order valence-corrected chi connectivity index (χ2v) is 7.46. The summed E-state index contributed by atoms with van der Waals surface area (Å²) in [7, 11) is 0. The summed E-state index contributed by atoms with van der Waals surface area (Å²) in [5.74, 6) is 0.182. The molecule has 3 aromatic rings. The normalized spacial score (nSPS) is 14.0. The van der Waals surface area contributed by atoms with Gasteiger partial charge in [-0.3, -0.25) is 9.48 Å². The van der Waals surface area contributed by atoms with Crippen molar-refractivity contribution in [1.29, 1.82) is 0 Å². The fourth-order valence-corrected chi connectivity index (χ4v) is 3.58. The van der Waals surface area contributed by atoms with Crippen molar-refractivity contribution < 1.29 is 13.9 Å². The number of anilines is 1. The molecule has 1 aromatic heterocycles. The number of ether oxygens (including phenoxy) is 1. The van der Waals surface area contributed by atoms with Crippen LogP contribution in [-0.4, -0.2) is 42.0 Å². The number of nitrogens with one attached hydrogen (secondary N) is 1. The highest BCUT2D eigenvalue weighted by molar-refractivity contribution is 6.30. The van der Waals surface area contributed by atoms with E-state index in [1.807, 2.05) is 36.5 Å². The summed E-state index contributed by atoms with van der Waals surface area (Å²) in [5.41, 5.74) is 2.76. The Morgan fingerprint density at radius 2 is 1.93 bits per heavy atom. The lowest BCUT2D eigenvalue weighted by Crippen LogP contribution is -2.37. The van der Waals surface area contributed by atoms with Gasteiger partial charge in [-0.2, -0.15) is 5.10 Å². The highest BCUT2D eigenvalue weighted by Gasteiger charge is 2.20. The van der Waals surface area contributed by atoms with Crippen LogP contribution in [0.4, 0.5) is 10.2 Å². The Labute approximate surface area is 179 Å². The minimum Gasteiger partial charge on any atom is -0.378 e. The first-order valence-corrected chi connectivity index (χ1v) is 10.1. The number of benzene rings is 2. The second-order valence-electron chi connectivity index (χ2n) is 7.05. The zero-order valence-corrected chi connectivity index (χ0v) is 17.1. The SMILES string of the molecule is O=C(Cn1cc(-c2ccccc2)c(N2CCOCC2)n1)NCc1ccc(F)c(Cl)c1. The van der Waals surface area contributed by atoms with Crippen LogP contribution in [0.5, 0.6) is 0 Å². The Morgan fingerprint density at radius 1 is 1.17 bits per heavy atom. The lowest BCUT2D eigenvalue weighted by molar-refractivity contribution is -0.122. The second kappa shape index (κ2) is 9.28. The van der Waals surface area contributed by atoms with Crippen LogP contribution in [0, 0.1) is 5.82 Å². The van der Waals surface area contributed by atoms with Gasteiger partial charge < -0.3 is 15.0 Å². The molecule has 0 radical (unpaired) electrons. The Bertz CT molecular complexity index is 1020. The van der Waals surface area contributed by atoms with Crippen LogP contribution in [-0.2, 0) is 22.6 Å². The van der Waals surface area contributed by atoms with E-state index in [1.165, 1.54) is 12.1 Å². The standard InChI is InChI=1S/C22H22ClFN4O2/c23-19-12-16(6-7-20(19)24)13-25-21(29)15-28-14-18(17-4-2-1-3-5-17)22(26-28)27-8-10-30-11-9-27/h1-7,12,14H,8-11,13,15H2,(H,25,29). The van der Waals surface area contributed by atoms with Crippen molar-refractivity contribution in [2.75, 3.05) is 31.2 Å². The first kappa shape index (κ1) is 20.4. The summed E-state index contributed by atoms with van der Waals surface area (Å²) < 4.78 is 20.4. The molecule has 6 nitrogen and oxygen atoms in total. The van der Waals surface area contributed by atoms with Gasteiger partial charge in [0.1, 0.15) is 12.4 Å². The number of hydrogen-bond acceptors (Lipinski definition) is 4. The molecule has 0 bridgehead atoms. The average Bonchev–Trinajstić information content (AvgIpc) is 3.19. The molecule has 30 heavy (non-hydrogen) atoms. The van der Waals surface area contributed by atoms with E-state index >= 15 is 0 Å². The third-order valence-electron chi connectivity index (χ3n) is 4.92. The van der Waals surface area contributed by atoms with Crippen molar-refractivity contribution in [1.82, 2.24) is 15.1 Å². The van der Waals surface area contributed by atoms with E-state index in [2.05, 4.69) is 15.3 Å². The molecule has 8 heteroatoms. The van der Waals surface area contributed by atoms with Gasteiger partial charge in [0.2, 0.25) is 5.91 Å². The molecule has 1 fully saturated rings. The zero-order chi connectivity index (χ0) is 20.9. The molecule has 0 aliphatic carbocycles. The molecule has 1 saturated heterocycles. The van der Waals surface area contributed by atoms with E-state index in [1.54, 1.807) is 10.7 Å². The molecular formula is C22H22ClFN4O2. The average molecular weight is 429 g/mol. The Balaban J connectivity index is 1.48. The van der Waals surface area contributed by atoms with Crippen molar-refractivity contribution in [2.24, 2.45) is 0 Å². The van der Waals surface area contributed by atoms with E-state index in [0.717, 1.165) is 35.6 Å². The fraction of sp³-hybridized carbons (Fsp3) is 0.273. The van der Waals surface area contributed by atoms with E-state index in [4.69, 9.17) is 16.3 Å². The van der Waals surface area contributed by atoms with Gasteiger partial charge in [0, 0.05) is 31.4 Å². The fourth-order valence-electron chi connectivity index (χ4n) is 3.38. The summed E-state index contributed by atoms with van der Waals surface area (Å²) in [6, 6.07) is 14.4. The predicted octanol–water partition coefficient (Wildman–Crippen LogP) is 3.50. The number of halogens is 2. The minimum atomic E-state index is -0.479. The number of hydrogen-bond donors (Lipinski definition) is 1. The lowest BCUT2D eigenvalue weighted by atomic mass is 10.1. The number of carbonyl (C=O) groups excluding carboxylic acids is 1. The summed E-state index contributed by atoms with van der Waals surface area (Å²) in [4.78, 5) is 14.6. The van der Waals surface area contributed by atoms with E-state index in [0.29, 0.717) is 13.2 Å². The first-order valence-electron chi connectivity index (χ1n) is 9.76. The Morgan fingerprint density at radius 3 is 2.67 bits per heavy atom. The number of rotatable bonds is 6. The van der Waals surface area contributed by atoms with Gasteiger partial charge in [-0.05, 0) is 23.3 Å². The third kappa shape index (κ3) is 4.80. The molecule has 1 amide bonds. The monoisotopic (exact) mass is 428 g/mol. The minimum absolute atomic E-state index is 0.0384.